The van der Waals surface area contributed by atoms with Crippen LogP contribution in [0, 0.1) is 20.2 Å². The first-order chi connectivity index (χ1) is 9.00. The number of nitro benzene ring substituents is 2. The van der Waals surface area contributed by atoms with Crippen LogP contribution in [0.15, 0.2) is 24.3 Å². The van der Waals surface area contributed by atoms with E-state index >= 15 is 0 Å². The molecule has 0 saturated heterocycles. The largest absolute Gasteiger partial charge is 0.284 e. The third-order valence-corrected chi connectivity index (χ3v) is 3.74. The van der Waals surface area contributed by atoms with Crippen LogP contribution in [0.25, 0.3) is 21.3 Å². The molecule has 2 aromatic carbocycles. The van der Waals surface area contributed by atoms with E-state index in [2.05, 4.69) is 15.9 Å². The van der Waals surface area contributed by atoms with E-state index in [1.54, 1.807) is 18.2 Å². The molecule has 2 aromatic rings. The van der Waals surface area contributed by atoms with Gasteiger partial charge in [0, 0.05) is 22.0 Å². The first-order valence-electron chi connectivity index (χ1n) is 5.27. The van der Waals surface area contributed by atoms with Crippen molar-refractivity contribution in [1.82, 2.24) is 0 Å². The third-order valence-electron chi connectivity index (χ3n) is 3.08. The third kappa shape index (κ3) is 1.55. The van der Waals surface area contributed by atoms with Gasteiger partial charge in [-0.1, -0.05) is 15.9 Å². The second-order valence-electron chi connectivity index (χ2n) is 4.06. The van der Waals surface area contributed by atoms with Crippen molar-refractivity contribution in [2.24, 2.45) is 0 Å². The van der Waals surface area contributed by atoms with Gasteiger partial charge in [-0.05, 0) is 29.3 Å². The molecule has 19 heavy (non-hydrogen) atoms. The van der Waals surface area contributed by atoms with Gasteiger partial charge in [0.15, 0.2) is 0 Å². The van der Waals surface area contributed by atoms with E-state index < -0.39 is 9.85 Å². The Morgan fingerprint density at radius 3 is 2.05 bits per heavy atom. The predicted molar refractivity (Wildman–Crippen MR) is 74.1 cm³/mol. The number of rotatable bonds is 2. The molecule has 0 unspecified atom stereocenters. The van der Waals surface area contributed by atoms with E-state index in [0.29, 0.717) is 5.39 Å². The Labute approximate surface area is 114 Å². The Bertz CT molecular complexity index is 778. The van der Waals surface area contributed by atoms with Crippen molar-refractivity contribution in [1.29, 1.82) is 0 Å². The van der Waals surface area contributed by atoms with Crippen LogP contribution in [0.2, 0.25) is 0 Å². The smallest absolute Gasteiger partial charge is 0.258 e. The number of non-ortho nitro benzene ring substituents is 2. The molecule has 0 heterocycles. The van der Waals surface area contributed by atoms with Gasteiger partial charge in [-0.15, -0.1) is 0 Å². The maximum atomic E-state index is 11.1. The van der Waals surface area contributed by atoms with Gasteiger partial charge in [0.2, 0.25) is 0 Å². The van der Waals surface area contributed by atoms with Crippen LogP contribution >= 0.6 is 15.9 Å². The van der Waals surface area contributed by atoms with E-state index in [4.69, 9.17) is 0 Å². The van der Waals surface area contributed by atoms with Crippen LogP contribution in [0.5, 0.6) is 0 Å². The predicted octanol–water partition coefficient (Wildman–Crippen LogP) is 3.86. The van der Waals surface area contributed by atoms with Crippen molar-refractivity contribution >= 4 is 48.6 Å². The molecule has 0 aliphatic heterocycles. The highest BCUT2D eigenvalue weighted by molar-refractivity contribution is 9.15. The molecule has 6 nitrogen and oxygen atoms in total. The van der Waals surface area contributed by atoms with Crippen LogP contribution in [-0.4, -0.2) is 9.85 Å². The average Bonchev–Trinajstić information content (AvgIpc) is 2.67. The molecule has 0 saturated carbocycles. The summed E-state index contributed by atoms with van der Waals surface area (Å²) in [7, 11) is 0. The second kappa shape index (κ2) is 3.86. The minimum atomic E-state index is -0.595. The summed E-state index contributed by atoms with van der Waals surface area (Å²) >= 11 is 3.36. The Balaban J connectivity index is 2.55. The number of nitro groups is 2. The fourth-order valence-corrected chi connectivity index (χ4v) is 2.90. The lowest BCUT2D eigenvalue weighted by molar-refractivity contribution is -0.390. The van der Waals surface area contributed by atoms with E-state index in [1.807, 2.05) is 0 Å². The summed E-state index contributed by atoms with van der Waals surface area (Å²) in [5.41, 5.74) is 0.983. The molecule has 0 atom stereocenters. The quantitative estimate of drug-likeness (QED) is 0.621. The minimum Gasteiger partial charge on any atom is -0.258 e. The molecule has 0 N–H and O–H groups in total. The lowest BCUT2D eigenvalue weighted by Gasteiger charge is -2.04. The highest BCUT2D eigenvalue weighted by Gasteiger charge is 2.28. The highest BCUT2D eigenvalue weighted by atomic mass is 79.9. The number of benzene rings is 2. The fourth-order valence-electron chi connectivity index (χ4n) is 2.32. The molecule has 1 aliphatic rings. The fraction of sp³-hybridized carbons (Fsp3) is 0. The van der Waals surface area contributed by atoms with Crippen LogP contribution < -0.4 is 0 Å². The molecule has 7 heteroatoms. The van der Waals surface area contributed by atoms with Crippen molar-refractivity contribution in [3.63, 3.8) is 0 Å². The van der Waals surface area contributed by atoms with Crippen LogP contribution in [0.4, 0.5) is 11.4 Å². The lowest BCUT2D eigenvalue weighted by atomic mass is 10.0. The number of hydrogen-bond acceptors (Lipinski definition) is 4. The van der Waals surface area contributed by atoms with Gasteiger partial charge in [-0.25, -0.2) is 0 Å². The van der Waals surface area contributed by atoms with Gasteiger partial charge < -0.3 is 0 Å². The van der Waals surface area contributed by atoms with Gasteiger partial charge in [0.05, 0.1) is 9.85 Å². The summed E-state index contributed by atoms with van der Waals surface area (Å²) < 4.78 is 0.767. The zero-order chi connectivity index (χ0) is 13.7. The van der Waals surface area contributed by atoms with Crippen LogP contribution in [0.3, 0.4) is 0 Å². The molecule has 94 valence electrons. The lowest BCUT2D eigenvalue weighted by Crippen LogP contribution is -1.96. The second-order valence-corrected chi connectivity index (χ2v) is 4.92. The van der Waals surface area contributed by atoms with Crippen LogP contribution in [0.1, 0.15) is 11.1 Å². The number of hydrogen-bond donors (Lipinski definition) is 0. The SMILES string of the molecule is O=[N+]([O-])c1ccc2c3c(ccc([N+](=O)[O-])c13)C(Br)=C2. The topological polar surface area (TPSA) is 86.3 Å². The summed E-state index contributed by atoms with van der Waals surface area (Å²) in [6.07, 6.45) is 1.80. The van der Waals surface area contributed by atoms with Crippen molar-refractivity contribution < 1.29 is 9.85 Å². The molecular weight excluding hydrogens is 316 g/mol. The normalized spacial score (nSPS) is 12.6. The Morgan fingerprint density at radius 2 is 1.47 bits per heavy atom. The Morgan fingerprint density at radius 1 is 0.895 bits per heavy atom. The van der Waals surface area contributed by atoms with E-state index in [1.165, 1.54) is 12.1 Å². The van der Waals surface area contributed by atoms with E-state index in [0.717, 1.165) is 15.6 Å². The zero-order valence-electron chi connectivity index (χ0n) is 9.29. The zero-order valence-corrected chi connectivity index (χ0v) is 10.9. The maximum Gasteiger partial charge on any atom is 0.284 e. The summed E-state index contributed by atoms with van der Waals surface area (Å²) in [6.45, 7) is 0. The minimum absolute atomic E-state index is 0.0794. The monoisotopic (exact) mass is 320 g/mol. The molecular formula is C12H5BrN2O4. The first kappa shape index (κ1) is 11.8. The summed E-state index contributed by atoms with van der Waals surface area (Å²) in [5.74, 6) is 0. The first-order valence-corrected chi connectivity index (χ1v) is 6.06. The van der Waals surface area contributed by atoms with Gasteiger partial charge >= 0.3 is 0 Å². The Hall–Kier alpha value is -2.28. The van der Waals surface area contributed by atoms with E-state index in [-0.39, 0.29) is 16.8 Å². The Kier molecular flexibility index (Phi) is 2.39. The van der Waals surface area contributed by atoms with Crippen molar-refractivity contribution in [2.45, 2.75) is 0 Å². The molecule has 0 bridgehead atoms. The molecule has 1 aliphatic carbocycles. The average molecular weight is 321 g/mol. The van der Waals surface area contributed by atoms with Crippen molar-refractivity contribution in [3.05, 3.63) is 55.6 Å². The van der Waals surface area contributed by atoms with Crippen molar-refractivity contribution in [3.8, 4) is 0 Å². The van der Waals surface area contributed by atoms with Crippen molar-refractivity contribution in [2.75, 3.05) is 0 Å². The summed E-state index contributed by atoms with van der Waals surface area (Å²) in [4.78, 5) is 20.9. The number of nitrogens with zero attached hydrogens (tertiary/aromatic N) is 2. The molecule has 0 fully saturated rings. The van der Waals surface area contributed by atoms with Gasteiger partial charge in [0.1, 0.15) is 5.39 Å². The number of halogens is 1. The maximum absolute atomic E-state index is 11.1. The highest BCUT2D eigenvalue weighted by Crippen LogP contribution is 2.45. The van der Waals surface area contributed by atoms with Gasteiger partial charge in [0.25, 0.3) is 11.4 Å². The van der Waals surface area contributed by atoms with Gasteiger partial charge in [-0.3, -0.25) is 20.2 Å². The molecule has 0 radical (unpaired) electrons. The molecule has 0 spiro atoms. The molecule has 0 amide bonds. The summed E-state index contributed by atoms with van der Waals surface area (Å²) in [5, 5.41) is 22.8. The molecule has 0 aromatic heterocycles. The van der Waals surface area contributed by atoms with Crippen LogP contribution in [-0.2, 0) is 0 Å². The van der Waals surface area contributed by atoms with Gasteiger partial charge in [-0.2, -0.15) is 0 Å². The molecule has 3 rings (SSSR count). The summed E-state index contributed by atoms with van der Waals surface area (Å²) in [6, 6.07) is 5.80. The standard InChI is InChI=1S/C12H5BrN2O4/c13-8-5-6-1-3-9(14(16)17)12-10(15(18)19)4-2-7(8)11(6)12/h1-5H. The van der Waals surface area contributed by atoms with E-state index in [9.17, 15) is 20.2 Å².